The highest BCUT2D eigenvalue weighted by Gasteiger charge is 2.38. The van der Waals surface area contributed by atoms with Gasteiger partial charge >= 0.3 is 0 Å². The summed E-state index contributed by atoms with van der Waals surface area (Å²) in [5.74, 6) is 0.659. The first-order valence-electron chi connectivity index (χ1n) is 4.29. The third-order valence-electron chi connectivity index (χ3n) is 2.44. The lowest BCUT2D eigenvalue weighted by molar-refractivity contribution is -0.126. The molecule has 0 radical (unpaired) electrons. The van der Waals surface area contributed by atoms with Gasteiger partial charge in [-0.05, 0) is 11.8 Å². The Bertz CT molecular complexity index is 229. The Morgan fingerprint density at radius 1 is 1.67 bits per heavy atom. The summed E-state index contributed by atoms with van der Waals surface area (Å²) in [5, 5.41) is 8.73. The van der Waals surface area contributed by atoms with E-state index in [1.807, 2.05) is 27.0 Å². The SMILES string of the molecule is CC(C)C1C(C)CC(=O)N1C#N. The molecule has 1 fully saturated rings. The van der Waals surface area contributed by atoms with Crippen LogP contribution in [0.2, 0.25) is 0 Å². The summed E-state index contributed by atoms with van der Waals surface area (Å²) in [7, 11) is 0. The molecule has 2 unspecified atom stereocenters. The van der Waals surface area contributed by atoms with E-state index in [1.165, 1.54) is 4.90 Å². The summed E-state index contributed by atoms with van der Waals surface area (Å²) >= 11 is 0. The first-order chi connectivity index (χ1) is 5.57. The maximum atomic E-state index is 11.2. The van der Waals surface area contributed by atoms with Gasteiger partial charge in [0.1, 0.15) is 0 Å². The number of rotatable bonds is 1. The van der Waals surface area contributed by atoms with Crippen molar-refractivity contribution in [1.82, 2.24) is 4.90 Å². The van der Waals surface area contributed by atoms with Crippen LogP contribution >= 0.6 is 0 Å². The molecule has 0 N–H and O–H groups in total. The molecule has 3 heteroatoms. The van der Waals surface area contributed by atoms with E-state index < -0.39 is 0 Å². The molecule has 1 rings (SSSR count). The monoisotopic (exact) mass is 166 g/mol. The number of hydrogen-bond acceptors (Lipinski definition) is 2. The minimum atomic E-state index is -0.0244. The average molecular weight is 166 g/mol. The van der Waals surface area contributed by atoms with E-state index in [9.17, 15) is 4.79 Å². The zero-order valence-corrected chi connectivity index (χ0v) is 7.74. The number of likely N-dealkylation sites (tertiary alicyclic amines) is 1. The molecule has 0 spiro atoms. The molecule has 1 aliphatic rings. The molecule has 0 aromatic heterocycles. The third-order valence-corrected chi connectivity index (χ3v) is 2.44. The van der Waals surface area contributed by atoms with E-state index in [2.05, 4.69) is 0 Å². The Labute approximate surface area is 73.0 Å². The largest absolute Gasteiger partial charge is 0.274 e. The second-order valence-corrected chi connectivity index (χ2v) is 3.78. The highest BCUT2D eigenvalue weighted by molar-refractivity contribution is 5.80. The fourth-order valence-electron chi connectivity index (χ4n) is 1.99. The smallest absolute Gasteiger partial charge is 0.236 e. The summed E-state index contributed by atoms with van der Waals surface area (Å²) < 4.78 is 0. The van der Waals surface area contributed by atoms with Gasteiger partial charge in [-0.1, -0.05) is 20.8 Å². The van der Waals surface area contributed by atoms with Gasteiger partial charge in [0.05, 0.1) is 6.04 Å². The Hall–Kier alpha value is -1.04. The number of nitrogens with zero attached hydrogens (tertiary/aromatic N) is 2. The van der Waals surface area contributed by atoms with Crippen LogP contribution in [0.5, 0.6) is 0 Å². The maximum Gasteiger partial charge on any atom is 0.236 e. The minimum Gasteiger partial charge on any atom is -0.274 e. The lowest BCUT2D eigenvalue weighted by atomic mass is 9.93. The topological polar surface area (TPSA) is 44.1 Å². The zero-order chi connectivity index (χ0) is 9.30. The summed E-state index contributed by atoms with van der Waals surface area (Å²) in [4.78, 5) is 12.6. The zero-order valence-electron chi connectivity index (χ0n) is 7.74. The number of hydrogen-bond donors (Lipinski definition) is 0. The molecule has 0 aromatic rings. The van der Waals surface area contributed by atoms with Gasteiger partial charge in [0.15, 0.2) is 6.19 Å². The van der Waals surface area contributed by atoms with Crippen molar-refractivity contribution >= 4 is 5.91 Å². The quantitative estimate of drug-likeness (QED) is 0.552. The van der Waals surface area contributed by atoms with E-state index >= 15 is 0 Å². The molecule has 1 aliphatic heterocycles. The third kappa shape index (κ3) is 1.29. The highest BCUT2D eigenvalue weighted by Crippen LogP contribution is 2.29. The van der Waals surface area contributed by atoms with Gasteiger partial charge in [-0.25, -0.2) is 4.90 Å². The Morgan fingerprint density at radius 2 is 2.25 bits per heavy atom. The van der Waals surface area contributed by atoms with Crippen LogP contribution < -0.4 is 0 Å². The van der Waals surface area contributed by atoms with E-state index in [4.69, 9.17) is 5.26 Å². The van der Waals surface area contributed by atoms with Gasteiger partial charge in [0.2, 0.25) is 5.91 Å². The number of amides is 1. The van der Waals surface area contributed by atoms with Crippen molar-refractivity contribution < 1.29 is 4.79 Å². The molecular weight excluding hydrogens is 152 g/mol. The van der Waals surface area contributed by atoms with Gasteiger partial charge in [-0.15, -0.1) is 0 Å². The maximum absolute atomic E-state index is 11.2. The van der Waals surface area contributed by atoms with Gasteiger partial charge in [-0.3, -0.25) is 4.79 Å². The molecule has 1 heterocycles. The first-order valence-corrected chi connectivity index (χ1v) is 4.29. The van der Waals surface area contributed by atoms with E-state index in [0.29, 0.717) is 18.3 Å². The molecule has 0 aliphatic carbocycles. The Kier molecular flexibility index (Phi) is 2.37. The van der Waals surface area contributed by atoms with Crippen LogP contribution in [0.1, 0.15) is 27.2 Å². The van der Waals surface area contributed by atoms with Crippen molar-refractivity contribution in [2.75, 3.05) is 0 Å². The van der Waals surface area contributed by atoms with Crippen LogP contribution in [-0.2, 0) is 4.79 Å². The molecule has 3 nitrogen and oxygen atoms in total. The predicted molar refractivity (Wildman–Crippen MR) is 44.9 cm³/mol. The standard InChI is InChI=1S/C9H14N2O/c1-6(2)9-7(3)4-8(12)11(9)5-10/h6-7,9H,4H2,1-3H3. The van der Waals surface area contributed by atoms with Gasteiger partial charge < -0.3 is 0 Å². The normalized spacial score (nSPS) is 29.6. The van der Waals surface area contributed by atoms with E-state index in [-0.39, 0.29) is 11.9 Å². The van der Waals surface area contributed by atoms with Gasteiger partial charge in [-0.2, -0.15) is 5.26 Å². The van der Waals surface area contributed by atoms with Crippen molar-refractivity contribution in [3.63, 3.8) is 0 Å². The van der Waals surface area contributed by atoms with Gasteiger partial charge in [0.25, 0.3) is 0 Å². The van der Waals surface area contributed by atoms with Crippen molar-refractivity contribution in [3.05, 3.63) is 0 Å². The van der Waals surface area contributed by atoms with Crippen molar-refractivity contribution in [2.24, 2.45) is 11.8 Å². The van der Waals surface area contributed by atoms with Crippen LogP contribution in [0.25, 0.3) is 0 Å². The second kappa shape index (κ2) is 3.14. The van der Waals surface area contributed by atoms with Crippen LogP contribution in [0.15, 0.2) is 0 Å². The Balaban J connectivity index is 2.84. The average Bonchev–Trinajstić information content (AvgIpc) is 2.24. The molecular formula is C9H14N2O. The van der Waals surface area contributed by atoms with Crippen LogP contribution in [0, 0.1) is 23.3 Å². The summed E-state index contributed by atoms with van der Waals surface area (Å²) in [6.45, 7) is 6.12. The summed E-state index contributed by atoms with van der Waals surface area (Å²) in [6, 6.07) is 0.113. The fourth-order valence-corrected chi connectivity index (χ4v) is 1.99. The highest BCUT2D eigenvalue weighted by atomic mass is 16.2. The lowest BCUT2D eigenvalue weighted by Crippen LogP contribution is -2.34. The predicted octanol–water partition coefficient (Wildman–Crippen LogP) is 1.36. The lowest BCUT2D eigenvalue weighted by Gasteiger charge is -2.23. The van der Waals surface area contributed by atoms with Gasteiger partial charge in [0, 0.05) is 6.42 Å². The van der Waals surface area contributed by atoms with Crippen molar-refractivity contribution in [3.8, 4) is 6.19 Å². The molecule has 2 atom stereocenters. The molecule has 1 saturated heterocycles. The minimum absolute atomic E-state index is 0.0244. The first kappa shape index (κ1) is 9.05. The van der Waals surface area contributed by atoms with Crippen LogP contribution in [-0.4, -0.2) is 16.8 Å². The molecule has 12 heavy (non-hydrogen) atoms. The number of carbonyl (C=O) groups is 1. The summed E-state index contributed by atoms with van der Waals surface area (Å²) in [5.41, 5.74) is 0. The number of carbonyl (C=O) groups excluding carboxylic acids is 1. The van der Waals surface area contributed by atoms with Crippen molar-refractivity contribution in [1.29, 1.82) is 5.26 Å². The van der Waals surface area contributed by atoms with Crippen molar-refractivity contribution in [2.45, 2.75) is 33.2 Å². The van der Waals surface area contributed by atoms with Crippen LogP contribution in [0.4, 0.5) is 0 Å². The molecule has 66 valence electrons. The Morgan fingerprint density at radius 3 is 2.58 bits per heavy atom. The second-order valence-electron chi connectivity index (χ2n) is 3.78. The van der Waals surface area contributed by atoms with E-state index in [1.54, 1.807) is 0 Å². The molecule has 1 amide bonds. The molecule has 0 saturated carbocycles. The van der Waals surface area contributed by atoms with Crippen LogP contribution in [0.3, 0.4) is 0 Å². The summed E-state index contributed by atoms with van der Waals surface area (Å²) in [6.07, 6.45) is 2.48. The fraction of sp³-hybridized carbons (Fsp3) is 0.778. The molecule has 0 bridgehead atoms. The molecule has 0 aromatic carbocycles. The van der Waals surface area contributed by atoms with E-state index in [0.717, 1.165) is 0 Å². The number of nitriles is 1.